The summed E-state index contributed by atoms with van der Waals surface area (Å²) in [5.41, 5.74) is 1.18. The minimum atomic E-state index is -4.32. The highest BCUT2D eigenvalue weighted by molar-refractivity contribution is 7.91. The van der Waals surface area contributed by atoms with Crippen LogP contribution in [0.5, 0.6) is 0 Å². The van der Waals surface area contributed by atoms with Gasteiger partial charge in [0.1, 0.15) is 16.8 Å². The Kier molecular flexibility index (Phi) is 7.12. The number of fused-ring (bicyclic) bond motifs is 2. The van der Waals surface area contributed by atoms with Crippen molar-refractivity contribution >= 4 is 27.5 Å². The minimum Gasteiger partial charge on any atom is -0.352 e. The largest absolute Gasteiger partial charge is 0.352 e. The van der Waals surface area contributed by atoms with E-state index in [0.29, 0.717) is 49.6 Å². The standard InChI is InChI=1S/C31H38FN3O4S/c1-21(36)35(40(38,39)26-12-10-25(32)11-13-26)28-14-9-24(30(37)34-20-22-5-3-2-4-6-22)19-27(28)31(15-17-33-18-16-31)29(35)23-7-8-23/h9-14,19,22-23,29,33H,2-8,15-18,20H2,1H3/p+1. The van der Waals surface area contributed by atoms with E-state index in [0.717, 1.165) is 43.4 Å². The van der Waals surface area contributed by atoms with E-state index in [1.165, 1.54) is 38.3 Å². The number of carbonyl (C=O) groups is 2. The van der Waals surface area contributed by atoms with E-state index in [1.807, 2.05) is 6.07 Å². The fourth-order valence-corrected chi connectivity index (χ4v) is 10.2. The maximum Gasteiger partial charge on any atom is 0.339 e. The Morgan fingerprint density at radius 3 is 2.30 bits per heavy atom. The van der Waals surface area contributed by atoms with Crippen LogP contribution in [0.15, 0.2) is 47.4 Å². The lowest BCUT2D eigenvalue weighted by molar-refractivity contribution is -0.126. The highest BCUT2D eigenvalue weighted by Gasteiger charge is 2.73. The van der Waals surface area contributed by atoms with Crippen LogP contribution < -0.4 is 14.5 Å². The van der Waals surface area contributed by atoms with E-state index in [9.17, 15) is 22.4 Å². The highest BCUT2D eigenvalue weighted by Crippen LogP contribution is 2.62. The van der Waals surface area contributed by atoms with Gasteiger partial charge in [0.05, 0.1) is 12.3 Å². The van der Waals surface area contributed by atoms with Crippen molar-refractivity contribution in [1.29, 1.82) is 0 Å². The summed E-state index contributed by atoms with van der Waals surface area (Å²) in [5, 5.41) is 6.54. The first-order valence-corrected chi connectivity index (χ1v) is 16.2. The third-order valence-corrected chi connectivity index (χ3v) is 12.2. The van der Waals surface area contributed by atoms with Crippen LogP contribution in [0.2, 0.25) is 0 Å². The number of hydrogen-bond donors (Lipinski definition) is 2. The smallest absolute Gasteiger partial charge is 0.339 e. The van der Waals surface area contributed by atoms with Gasteiger partial charge in [-0.2, -0.15) is 8.42 Å². The molecule has 1 spiro atoms. The van der Waals surface area contributed by atoms with E-state index in [-0.39, 0.29) is 16.7 Å². The molecule has 40 heavy (non-hydrogen) atoms. The molecule has 2 amide bonds. The Bertz CT molecular complexity index is 1410. The molecule has 2 atom stereocenters. The Hall–Kier alpha value is -2.62. The number of quaternary nitrogens is 1. The van der Waals surface area contributed by atoms with Crippen molar-refractivity contribution in [3.05, 3.63) is 59.4 Å². The van der Waals surface area contributed by atoms with Crippen molar-refractivity contribution in [2.24, 2.45) is 11.8 Å². The summed E-state index contributed by atoms with van der Waals surface area (Å²) in [4.78, 5) is 27.2. The number of carbonyl (C=O) groups excluding carboxylic acids is 2. The Morgan fingerprint density at radius 1 is 1.00 bits per heavy atom. The van der Waals surface area contributed by atoms with Crippen molar-refractivity contribution < 1.29 is 22.4 Å². The van der Waals surface area contributed by atoms with Gasteiger partial charge in [-0.25, -0.2) is 9.18 Å². The average Bonchev–Trinajstić information content (AvgIpc) is 3.76. The molecule has 2 aromatic carbocycles. The summed E-state index contributed by atoms with van der Waals surface area (Å²) >= 11 is 0. The number of hydrogen-bond acceptors (Lipinski definition) is 5. The predicted molar refractivity (Wildman–Crippen MR) is 152 cm³/mol. The van der Waals surface area contributed by atoms with E-state index < -0.39 is 37.1 Å². The van der Waals surface area contributed by atoms with Gasteiger partial charge in [0, 0.05) is 29.7 Å². The molecule has 4 aliphatic rings. The molecule has 3 fully saturated rings. The van der Waals surface area contributed by atoms with Crippen LogP contribution in [-0.2, 0) is 20.2 Å². The highest BCUT2D eigenvalue weighted by atomic mass is 32.2. The van der Waals surface area contributed by atoms with Crippen LogP contribution in [0.1, 0.15) is 80.6 Å². The number of nitrogens with zero attached hydrogens (tertiary/aromatic N) is 1. The quantitative estimate of drug-likeness (QED) is 0.489. The lowest BCUT2D eigenvalue weighted by Crippen LogP contribution is -2.67. The molecule has 9 heteroatoms. The third-order valence-electron chi connectivity index (χ3n) is 9.91. The number of nitrogens with one attached hydrogen (secondary N) is 2. The number of piperidine rings is 1. The summed E-state index contributed by atoms with van der Waals surface area (Å²) in [5.74, 6) is -0.604. The lowest BCUT2D eigenvalue weighted by atomic mass is 9.68. The summed E-state index contributed by atoms with van der Waals surface area (Å²) < 4.78 is 42.4. The molecule has 7 nitrogen and oxygen atoms in total. The second-order valence-corrected chi connectivity index (χ2v) is 14.2. The number of sulfonamides is 1. The van der Waals surface area contributed by atoms with Gasteiger partial charge in [-0.15, -0.1) is 3.89 Å². The first kappa shape index (κ1) is 27.5. The Balaban J connectivity index is 1.49. The molecule has 2 saturated carbocycles. The van der Waals surface area contributed by atoms with Crippen molar-refractivity contribution in [2.45, 2.75) is 81.1 Å². The fraction of sp³-hybridized carbons (Fsp3) is 0.548. The van der Waals surface area contributed by atoms with Crippen LogP contribution in [0, 0.1) is 17.7 Å². The number of amides is 2. The summed E-state index contributed by atoms with van der Waals surface area (Å²) in [6.07, 6.45) is 8.99. The van der Waals surface area contributed by atoms with Gasteiger partial charge in [0.25, 0.3) is 5.91 Å². The zero-order valence-electron chi connectivity index (χ0n) is 23.1. The maximum atomic E-state index is 14.7. The first-order valence-electron chi connectivity index (χ1n) is 14.8. The van der Waals surface area contributed by atoms with E-state index >= 15 is 0 Å². The molecule has 2 N–H and O–H groups in total. The maximum absolute atomic E-state index is 14.7. The molecule has 2 aliphatic heterocycles. The Labute approximate surface area is 236 Å². The molecule has 214 valence electrons. The van der Waals surface area contributed by atoms with Gasteiger partial charge in [-0.3, -0.25) is 4.79 Å². The summed E-state index contributed by atoms with van der Waals surface area (Å²) in [6, 6.07) is 9.54. The van der Waals surface area contributed by atoms with Crippen LogP contribution >= 0.6 is 0 Å². The molecule has 0 aromatic heterocycles. The zero-order valence-corrected chi connectivity index (χ0v) is 23.9. The van der Waals surface area contributed by atoms with E-state index in [1.54, 1.807) is 12.1 Å². The predicted octanol–water partition coefficient (Wildman–Crippen LogP) is 4.79. The van der Waals surface area contributed by atoms with Crippen molar-refractivity contribution in [1.82, 2.24) is 14.5 Å². The molecule has 2 aliphatic carbocycles. The minimum absolute atomic E-state index is 0.0631. The summed E-state index contributed by atoms with van der Waals surface area (Å²) in [7, 11) is -4.32. The second-order valence-electron chi connectivity index (χ2n) is 12.2. The van der Waals surface area contributed by atoms with Crippen molar-refractivity contribution in [2.75, 3.05) is 19.6 Å². The normalized spacial score (nSPS) is 26.4. The van der Waals surface area contributed by atoms with Gasteiger partial charge < -0.3 is 10.6 Å². The molecule has 2 aromatic rings. The monoisotopic (exact) mass is 568 g/mol. The topological polar surface area (TPSA) is 92.3 Å². The number of halogens is 1. The lowest BCUT2D eigenvalue weighted by Gasteiger charge is -2.43. The molecule has 0 radical (unpaired) electrons. The van der Waals surface area contributed by atoms with Crippen molar-refractivity contribution in [3.8, 4) is 0 Å². The van der Waals surface area contributed by atoms with Crippen molar-refractivity contribution in [3.63, 3.8) is 0 Å². The van der Waals surface area contributed by atoms with Crippen LogP contribution in [-0.4, -0.2) is 45.9 Å². The molecule has 2 heterocycles. The van der Waals surface area contributed by atoms with Gasteiger partial charge >= 0.3 is 15.9 Å². The van der Waals surface area contributed by atoms with E-state index in [4.69, 9.17) is 0 Å². The van der Waals surface area contributed by atoms with Gasteiger partial charge in [-0.05, 0) is 93.9 Å². The van der Waals surface area contributed by atoms with Gasteiger partial charge in [0.15, 0.2) is 5.69 Å². The molecule has 1 saturated heterocycles. The number of rotatable bonds is 6. The van der Waals surface area contributed by atoms with Crippen LogP contribution in [0.4, 0.5) is 10.1 Å². The molecular formula is C31H39FN3O4S+. The van der Waals surface area contributed by atoms with E-state index in [2.05, 4.69) is 10.6 Å². The first-order chi connectivity index (χ1) is 19.2. The summed E-state index contributed by atoms with van der Waals surface area (Å²) in [6.45, 7) is 3.41. The van der Waals surface area contributed by atoms with Gasteiger partial charge in [-0.1, -0.05) is 19.3 Å². The number of benzene rings is 2. The van der Waals surface area contributed by atoms with Gasteiger partial charge in [0.2, 0.25) is 0 Å². The average molecular weight is 569 g/mol. The Morgan fingerprint density at radius 2 is 1.68 bits per heavy atom. The molecule has 2 unspecified atom stereocenters. The molecule has 0 bridgehead atoms. The van der Waals surface area contributed by atoms with Crippen LogP contribution in [0.25, 0.3) is 0 Å². The SMILES string of the molecule is CC(=O)[N+]1(S(=O)(=O)c2ccc(F)cc2)c2ccc(C(=O)NCC3CCCCC3)cc2C2(CCNCC2)C1C1CC1. The third kappa shape index (κ3) is 4.23. The molecular weight excluding hydrogens is 529 g/mol. The second kappa shape index (κ2) is 10.3. The van der Waals surface area contributed by atoms with Crippen LogP contribution in [0.3, 0.4) is 0 Å². The fourth-order valence-electron chi connectivity index (χ4n) is 7.94. The zero-order chi connectivity index (χ0) is 28.1. The molecule has 6 rings (SSSR count).